The van der Waals surface area contributed by atoms with E-state index in [4.69, 9.17) is 4.74 Å². The Balaban J connectivity index is 1.81. The smallest absolute Gasteiger partial charge is 0.408 e. The molecule has 3 N–H and O–H groups in total. The molecular formula is C23H27N3O3. The maximum Gasteiger partial charge on any atom is 0.408 e. The normalized spacial score (nSPS) is 12.4. The van der Waals surface area contributed by atoms with Gasteiger partial charge in [0.25, 0.3) is 0 Å². The van der Waals surface area contributed by atoms with E-state index in [-0.39, 0.29) is 5.91 Å². The number of para-hydroxylation sites is 1. The van der Waals surface area contributed by atoms with Gasteiger partial charge in [-0.15, -0.1) is 0 Å². The summed E-state index contributed by atoms with van der Waals surface area (Å²) in [5, 5.41) is 6.62. The van der Waals surface area contributed by atoms with Gasteiger partial charge in [0, 0.05) is 29.2 Å². The van der Waals surface area contributed by atoms with E-state index in [1.165, 1.54) is 0 Å². The van der Waals surface area contributed by atoms with Crippen molar-refractivity contribution in [3.05, 3.63) is 65.9 Å². The predicted molar refractivity (Wildman–Crippen MR) is 115 cm³/mol. The highest BCUT2D eigenvalue weighted by Crippen LogP contribution is 2.20. The van der Waals surface area contributed by atoms with Gasteiger partial charge in [-0.05, 0) is 51.5 Å². The number of amides is 2. The van der Waals surface area contributed by atoms with Gasteiger partial charge in [0.2, 0.25) is 5.91 Å². The molecule has 0 aliphatic carbocycles. The van der Waals surface area contributed by atoms with Gasteiger partial charge in [-0.1, -0.05) is 35.9 Å². The number of hydrogen-bond donors (Lipinski definition) is 3. The van der Waals surface area contributed by atoms with E-state index in [0.717, 1.165) is 22.0 Å². The zero-order chi connectivity index (χ0) is 21.0. The number of ether oxygens (including phenoxy) is 1. The number of benzene rings is 2. The minimum Gasteiger partial charge on any atom is -0.444 e. The van der Waals surface area contributed by atoms with Crippen molar-refractivity contribution < 1.29 is 14.3 Å². The lowest BCUT2D eigenvalue weighted by atomic mass is 10.0. The maximum atomic E-state index is 13.0. The number of H-pyrrole nitrogens is 1. The second kappa shape index (κ2) is 8.39. The van der Waals surface area contributed by atoms with Gasteiger partial charge < -0.3 is 20.4 Å². The number of fused-ring (bicyclic) bond motifs is 1. The first-order valence-electron chi connectivity index (χ1n) is 9.63. The minimum atomic E-state index is -0.787. The molecule has 0 unspecified atom stereocenters. The second-order valence-electron chi connectivity index (χ2n) is 8.12. The first-order valence-corrected chi connectivity index (χ1v) is 9.63. The molecule has 0 spiro atoms. The third kappa shape index (κ3) is 5.60. The fourth-order valence-electron chi connectivity index (χ4n) is 3.05. The summed E-state index contributed by atoms with van der Waals surface area (Å²) in [4.78, 5) is 28.5. The quantitative estimate of drug-likeness (QED) is 0.595. The van der Waals surface area contributed by atoms with E-state index in [0.29, 0.717) is 12.1 Å². The summed E-state index contributed by atoms with van der Waals surface area (Å²) < 4.78 is 5.35. The Morgan fingerprint density at radius 1 is 1.07 bits per heavy atom. The number of aromatic nitrogens is 1. The van der Waals surface area contributed by atoms with Crippen molar-refractivity contribution in [2.45, 2.75) is 45.8 Å². The number of carbonyl (C=O) groups is 2. The molecule has 0 aliphatic rings. The Bertz CT molecular complexity index is 1000. The molecule has 3 aromatic rings. The SMILES string of the molecule is Cc1ccc(NC(=O)[C@H](Cc2c[nH]c3ccccc23)NC(=O)OC(C)(C)C)cc1. The molecule has 0 aliphatic heterocycles. The van der Waals surface area contributed by atoms with Crippen molar-refractivity contribution in [3.8, 4) is 0 Å². The second-order valence-corrected chi connectivity index (χ2v) is 8.12. The summed E-state index contributed by atoms with van der Waals surface area (Å²) in [5.74, 6) is -0.301. The van der Waals surface area contributed by atoms with E-state index in [1.54, 1.807) is 20.8 Å². The first-order chi connectivity index (χ1) is 13.7. The molecule has 0 saturated heterocycles. The highest BCUT2D eigenvalue weighted by molar-refractivity contribution is 5.97. The van der Waals surface area contributed by atoms with Crippen molar-refractivity contribution >= 4 is 28.6 Å². The van der Waals surface area contributed by atoms with Crippen LogP contribution in [0.15, 0.2) is 54.7 Å². The lowest BCUT2D eigenvalue weighted by Gasteiger charge is -2.23. The molecule has 0 fully saturated rings. The van der Waals surface area contributed by atoms with Gasteiger partial charge in [0.15, 0.2) is 0 Å². The number of aromatic amines is 1. The molecular weight excluding hydrogens is 366 g/mol. The Hall–Kier alpha value is -3.28. The summed E-state index contributed by atoms with van der Waals surface area (Å²) in [5.41, 5.74) is 3.06. The maximum absolute atomic E-state index is 13.0. The van der Waals surface area contributed by atoms with Crippen molar-refractivity contribution in [2.24, 2.45) is 0 Å². The molecule has 1 aromatic heterocycles. The third-order valence-corrected chi connectivity index (χ3v) is 4.43. The Morgan fingerprint density at radius 2 is 1.76 bits per heavy atom. The van der Waals surface area contributed by atoms with Crippen LogP contribution in [0.3, 0.4) is 0 Å². The van der Waals surface area contributed by atoms with Gasteiger partial charge in [0.05, 0.1) is 0 Å². The minimum absolute atomic E-state index is 0.301. The summed E-state index contributed by atoms with van der Waals surface area (Å²) >= 11 is 0. The van der Waals surface area contributed by atoms with Crippen molar-refractivity contribution in [2.75, 3.05) is 5.32 Å². The van der Waals surface area contributed by atoms with Crippen LogP contribution < -0.4 is 10.6 Å². The number of aryl methyl sites for hydroxylation is 1. The van der Waals surface area contributed by atoms with E-state index in [9.17, 15) is 9.59 Å². The van der Waals surface area contributed by atoms with E-state index >= 15 is 0 Å². The Kier molecular flexibility index (Phi) is 5.92. The van der Waals surface area contributed by atoms with Gasteiger partial charge in [0.1, 0.15) is 11.6 Å². The van der Waals surface area contributed by atoms with Crippen LogP contribution in [0.25, 0.3) is 10.9 Å². The van der Waals surface area contributed by atoms with Crippen LogP contribution in [0, 0.1) is 6.92 Å². The number of anilines is 1. The van der Waals surface area contributed by atoms with Gasteiger partial charge in [-0.3, -0.25) is 4.79 Å². The summed E-state index contributed by atoms with van der Waals surface area (Å²) in [6, 6.07) is 14.6. The first kappa shape index (κ1) is 20.5. The highest BCUT2D eigenvalue weighted by Gasteiger charge is 2.25. The molecule has 29 heavy (non-hydrogen) atoms. The van der Waals surface area contributed by atoms with Crippen LogP contribution in [0.1, 0.15) is 31.9 Å². The number of nitrogens with one attached hydrogen (secondary N) is 3. The Morgan fingerprint density at radius 3 is 2.45 bits per heavy atom. The zero-order valence-electron chi connectivity index (χ0n) is 17.2. The van der Waals surface area contributed by atoms with E-state index < -0.39 is 17.7 Å². The largest absolute Gasteiger partial charge is 0.444 e. The lowest BCUT2D eigenvalue weighted by molar-refractivity contribution is -0.118. The highest BCUT2D eigenvalue weighted by atomic mass is 16.6. The van der Waals surface area contributed by atoms with Crippen molar-refractivity contribution in [1.82, 2.24) is 10.3 Å². The molecule has 1 heterocycles. The fraction of sp³-hybridized carbons (Fsp3) is 0.304. The Labute approximate surface area is 170 Å². The van der Waals surface area contributed by atoms with Crippen LogP contribution in [0.5, 0.6) is 0 Å². The van der Waals surface area contributed by atoms with Gasteiger partial charge in [-0.2, -0.15) is 0 Å². The van der Waals surface area contributed by atoms with E-state index in [1.807, 2.05) is 61.7 Å². The topological polar surface area (TPSA) is 83.2 Å². The molecule has 2 aromatic carbocycles. The number of carbonyl (C=O) groups excluding carboxylic acids is 2. The molecule has 1 atom stereocenters. The summed E-state index contributed by atoms with van der Waals surface area (Å²) in [6.45, 7) is 7.34. The zero-order valence-corrected chi connectivity index (χ0v) is 17.2. The average Bonchev–Trinajstić information content (AvgIpc) is 3.04. The molecule has 0 bridgehead atoms. The molecule has 0 saturated carbocycles. The molecule has 6 nitrogen and oxygen atoms in total. The van der Waals surface area contributed by atoms with Crippen LogP contribution in [0.2, 0.25) is 0 Å². The molecule has 2 amide bonds. The summed E-state index contributed by atoms with van der Waals surface area (Å²) in [7, 11) is 0. The van der Waals surface area contributed by atoms with Crippen LogP contribution >= 0.6 is 0 Å². The lowest BCUT2D eigenvalue weighted by Crippen LogP contribution is -2.47. The van der Waals surface area contributed by atoms with Gasteiger partial charge >= 0.3 is 6.09 Å². The monoisotopic (exact) mass is 393 g/mol. The van der Waals surface area contributed by atoms with Crippen LogP contribution in [-0.4, -0.2) is 28.6 Å². The predicted octanol–water partition coefficient (Wildman–Crippen LogP) is 4.55. The number of rotatable bonds is 5. The van der Waals surface area contributed by atoms with Gasteiger partial charge in [-0.25, -0.2) is 4.79 Å². The molecule has 6 heteroatoms. The fourth-order valence-corrected chi connectivity index (χ4v) is 3.05. The van der Waals surface area contributed by atoms with Crippen molar-refractivity contribution in [1.29, 1.82) is 0 Å². The van der Waals surface area contributed by atoms with Crippen LogP contribution in [0.4, 0.5) is 10.5 Å². The molecule has 3 rings (SSSR count). The number of hydrogen-bond acceptors (Lipinski definition) is 3. The molecule has 0 radical (unpaired) electrons. The average molecular weight is 393 g/mol. The third-order valence-electron chi connectivity index (χ3n) is 4.43. The standard InChI is InChI=1S/C23H27N3O3/c1-15-9-11-17(12-10-15)25-21(27)20(26-22(28)29-23(2,3)4)13-16-14-24-19-8-6-5-7-18(16)19/h5-12,14,20,24H,13H2,1-4H3,(H,25,27)(H,26,28)/t20-/m0/s1. The molecule has 152 valence electrons. The van der Waals surface area contributed by atoms with E-state index in [2.05, 4.69) is 15.6 Å². The van der Waals surface area contributed by atoms with Crippen molar-refractivity contribution in [3.63, 3.8) is 0 Å². The summed E-state index contributed by atoms with van der Waals surface area (Å²) in [6.07, 6.45) is 1.58. The van der Waals surface area contributed by atoms with Crippen LogP contribution in [-0.2, 0) is 16.0 Å². The number of alkyl carbamates (subject to hydrolysis) is 1.